The average Bonchev–Trinajstić information content (AvgIpc) is 2.38. The molecule has 4 N–H and O–H groups in total. The number of halogens is 1. The standard InChI is InChI=1S/C10H15BrN4O3S/c1-2-19(17,18)4-3-13-10(16)8-5-7(11)6-14-9(8)15-12/h5-6H,2-4,12H2,1H3,(H,13,16)(H,14,15). The van der Waals surface area contributed by atoms with E-state index in [4.69, 9.17) is 5.84 Å². The third-order valence-electron chi connectivity index (χ3n) is 2.37. The summed E-state index contributed by atoms with van der Waals surface area (Å²) in [4.78, 5) is 15.8. The van der Waals surface area contributed by atoms with Gasteiger partial charge in [0.15, 0.2) is 15.7 Å². The Morgan fingerprint density at radius 3 is 2.79 bits per heavy atom. The van der Waals surface area contributed by atoms with Gasteiger partial charge in [0.2, 0.25) is 0 Å². The Morgan fingerprint density at radius 1 is 1.53 bits per heavy atom. The highest BCUT2D eigenvalue weighted by molar-refractivity contribution is 9.10. The number of carbonyl (C=O) groups is 1. The Labute approximate surface area is 120 Å². The predicted octanol–water partition coefficient (Wildman–Crippen LogP) is 0.294. The van der Waals surface area contributed by atoms with Gasteiger partial charge in [-0.3, -0.25) is 4.79 Å². The van der Waals surface area contributed by atoms with Crippen LogP contribution >= 0.6 is 15.9 Å². The lowest BCUT2D eigenvalue weighted by Crippen LogP contribution is -2.30. The second kappa shape index (κ2) is 6.83. The number of hydrogen-bond acceptors (Lipinski definition) is 6. The van der Waals surface area contributed by atoms with Gasteiger partial charge in [0.05, 0.1) is 11.3 Å². The van der Waals surface area contributed by atoms with Crippen LogP contribution in [0, 0.1) is 0 Å². The van der Waals surface area contributed by atoms with Crippen LogP contribution in [0.4, 0.5) is 5.82 Å². The van der Waals surface area contributed by atoms with Gasteiger partial charge in [-0.05, 0) is 22.0 Å². The van der Waals surface area contributed by atoms with E-state index in [1.54, 1.807) is 13.0 Å². The van der Waals surface area contributed by atoms with Crippen molar-refractivity contribution in [2.24, 2.45) is 5.84 Å². The smallest absolute Gasteiger partial charge is 0.255 e. The van der Waals surface area contributed by atoms with E-state index in [1.165, 1.54) is 6.20 Å². The number of nitrogens with one attached hydrogen (secondary N) is 2. The molecule has 1 amide bonds. The number of aromatic nitrogens is 1. The van der Waals surface area contributed by atoms with Gasteiger partial charge in [-0.25, -0.2) is 19.2 Å². The number of carbonyl (C=O) groups excluding carboxylic acids is 1. The molecule has 0 aliphatic heterocycles. The van der Waals surface area contributed by atoms with Crippen molar-refractivity contribution in [1.82, 2.24) is 10.3 Å². The van der Waals surface area contributed by atoms with Gasteiger partial charge < -0.3 is 10.7 Å². The predicted molar refractivity (Wildman–Crippen MR) is 76.4 cm³/mol. The van der Waals surface area contributed by atoms with Crippen molar-refractivity contribution in [1.29, 1.82) is 0 Å². The molecule has 0 radical (unpaired) electrons. The Kier molecular flexibility index (Phi) is 5.70. The van der Waals surface area contributed by atoms with E-state index >= 15 is 0 Å². The van der Waals surface area contributed by atoms with Gasteiger partial charge in [0.25, 0.3) is 5.91 Å². The van der Waals surface area contributed by atoms with Gasteiger partial charge in [-0.2, -0.15) is 0 Å². The lowest BCUT2D eigenvalue weighted by Gasteiger charge is -2.09. The minimum atomic E-state index is -3.10. The fraction of sp³-hybridized carbons (Fsp3) is 0.400. The van der Waals surface area contributed by atoms with Crippen LogP contribution in [0.5, 0.6) is 0 Å². The van der Waals surface area contributed by atoms with Crippen LogP contribution in [0.3, 0.4) is 0 Å². The molecule has 0 fully saturated rings. The third-order valence-corrected chi connectivity index (χ3v) is 4.51. The van der Waals surface area contributed by atoms with Crippen molar-refractivity contribution in [2.45, 2.75) is 6.92 Å². The zero-order valence-corrected chi connectivity index (χ0v) is 12.7. The summed E-state index contributed by atoms with van der Waals surface area (Å²) in [5.41, 5.74) is 2.55. The van der Waals surface area contributed by atoms with Crippen LogP contribution in [0.15, 0.2) is 16.7 Å². The zero-order chi connectivity index (χ0) is 14.5. The Morgan fingerprint density at radius 2 is 2.21 bits per heavy atom. The number of sulfone groups is 1. The summed E-state index contributed by atoms with van der Waals surface area (Å²) in [6.07, 6.45) is 1.49. The average molecular weight is 351 g/mol. The van der Waals surface area contributed by atoms with Crippen LogP contribution in [0.2, 0.25) is 0 Å². The maximum atomic E-state index is 11.9. The van der Waals surface area contributed by atoms with Gasteiger partial charge in [-0.15, -0.1) is 0 Å². The second-order valence-electron chi connectivity index (χ2n) is 3.69. The SMILES string of the molecule is CCS(=O)(=O)CCNC(=O)c1cc(Br)cnc1NN. The highest BCUT2D eigenvalue weighted by Gasteiger charge is 2.14. The van der Waals surface area contributed by atoms with Crippen molar-refractivity contribution in [3.05, 3.63) is 22.3 Å². The Bertz CT molecular complexity index is 562. The molecular weight excluding hydrogens is 336 g/mol. The quantitative estimate of drug-likeness (QED) is 0.502. The third kappa shape index (κ3) is 4.77. The lowest BCUT2D eigenvalue weighted by molar-refractivity contribution is 0.0956. The van der Waals surface area contributed by atoms with Crippen molar-refractivity contribution in [3.8, 4) is 0 Å². The van der Waals surface area contributed by atoms with E-state index in [2.05, 4.69) is 31.7 Å². The molecule has 1 aromatic heterocycles. The number of nitrogens with two attached hydrogens (primary N) is 1. The van der Waals surface area contributed by atoms with E-state index in [1.807, 2.05) is 0 Å². The van der Waals surface area contributed by atoms with Crippen molar-refractivity contribution in [3.63, 3.8) is 0 Å². The molecular formula is C10H15BrN4O3S. The minimum Gasteiger partial charge on any atom is -0.351 e. The number of rotatable bonds is 6. The van der Waals surface area contributed by atoms with E-state index in [0.717, 1.165) is 0 Å². The minimum absolute atomic E-state index is 0.0472. The number of nitrogen functional groups attached to an aromatic ring is 1. The van der Waals surface area contributed by atoms with Gasteiger partial charge in [-0.1, -0.05) is 6.92 Å². The molecule has 1 heterocycles. The molecule has 19 heavy (non-hydrogen) atoms. The maximum Gasteiger partial charge on any atom is 0.255 e. The molecule has 0 aliphatic rings. The molecule has 7 nitrogen and oxygen atoms in total. The normalized spacial score (nSPS) is 11.1. The molecule has 0 spiro atoms. The molecule has 0 aliphatic carbocycles. The summed E-state index contributed by atoms with van der Waals surface area (Å²) in [5.74, 6) is 5.00. The summed E-state index contributed by atoms with van der Waals surface area (Å²) in [6.45, 7) is 1.61. The van der Waals surface area contributed by atoms with Gasteiger partial charge >= 0.3 is 0 Å². The molecule has 0 saturated heterocycles. The summed E-state index contributed by atoms with van der Waals surface area (Å²) in [6, 6.07) is 1.55. The first kappa shape index (κ1) is 15.9. The molecule has 0 unspecified atom stereocenters. The van der Waals surface area contributed by atoms with Gasteiger partial charge in [0.1, 0.15) is 0 Å². The van der Waals surface area contributed by atoms with Gasteiger partial charge in [0, 0.05) is 23.0 Å². The number of nitrogens with zero attached hydrogens (tertiary/aromatic N) is 1. The highest BCUT2D eigenvalue weighted by Crippen LogP contribution is 2.16. The lowest BCUT2D eigenvalue weighted by atomic mass is 10.2. The molecule has 0 aromatic carbocycles. The Balaban J connectivity index is 2.71. The van der Waals surface area contributed by atoms with E-state index in [9.17, 15) is 13.2 Å². The van der Waals surface area contributed by atoms with E-state index in [0.29, 0.717) is 4.47 Å². The highest BCUT2D eigenvalue weighted by atomic mass is 79.9. The first-order valence-electron chi connectivity index (χ1n) is 5.50. The molecule has 106 valence electrons. The van der Waals surface area contributed by atoms with Crippen LogP contribution in [-0.4, -0.2) is 37.4 Å². The number of hydrazine groups is 1. The second-order valence-corrected chi connectivity index (χ2v) is 7.07. The molecule has 0 atom stereocenters. The van der Waals surface area contributed by atoms with Crippen molar-refractivity contribution < 1.29 is 13.2 Å². The van der Waals surface area contributed by atoms with Crippen LogP contribution < -0.4 is 16.6 Å². The maximum absolute atomic E-state index is 11.9. The molecule has 1 rings (SSSR count). The Hall–Kier alpha value is -1.19. The first-order valence-corrected chi connectivity index (χ1v) is 8.12. The summed E-state index contributed by atoms with van der Waals surface area (Å²) in [7, 11) is -3.10. The van der Waals surface area contributed by atoms with Crippen molar-refractivity contribution >= 4 is 37.5 Å². The fourth-order valence-electron chi connectivity index (χ4n) is 1.29. The molecule has 1 aromatic rings. The fourth-order valence-corrected chi connectivity index (χ4v) is 2.32. The molecule has 0 bridgehead atoms. The number of pyridine rings is 1. The number of amides is 1. The van der Waals surface area contributed by atoms with Crippen LogP contribution in [0.25, 0.3) is 0 Å². The van der Waals surface area contributed by atoms with Crippen LogP contribution in [-0.2, 0) is 9.84 Å². The monoisotopic (exact) mass is 350 g/mol. The van der Waals surface area contributed by atoms with Crippen molar-refractivity contribution in [2.75, 3.05) is 23.5 Å². The van der Waals surface area contributed by atoms with E-state index < -0.39 is 15.7 Å². The summed E-state index contributed by atoms with van der Waals surface area (Å²) >= 11 is 3.20. The largest absolute Gasteiger partial charge is 0.351 e. The number of anilines is 1. The topological polar surface area (TPSA) is 114 Å². The first-order chi connectivity index (χ1) is 8.89. The summed E-state index contributed by atoms with van der Waals surface area (Å²) in [5, 5.41) is 2.52. The molecule has 9 heteroatoms. The van der Waals surface area contributed by atoms with E-state index in [-0.39, 0.29) is 29.4 Å². The number of hydrogen-bond donors (Lipinski definition) is 3. The zero-order valence-electron chi connectivity index (χ0n) is 10.3. The van der Waals surface area contributed by atoms with Crippen LogP contribution in [0.1, 0.15) is 17.3 Å². The molecule has 0 saturated carbocycles. The summed E-state index contributed by atoms with van der Waals surface area (Å²) < 4.78 is 23.2.